The molecule has 0 saturated heterocycles. The number of rotatable bonds is 1. The van der Waals surface area contributed by atoms with Crippen molar-refractivity contribution in [1.82, 2.24) is 4.90 Å². The highest BCUT2D eigenvalue weighted by atomic mass is 35.5. The van der Waals surface area contributed by atoms with Crippen molar-refractivity contribution >= 4 is 23.3 Å². The van der Waals surface area contributed by atoms with Gasteiger partial charge in [0.15, 0.2) is 0 Å². The van der Waals surface area contributed by atoms with Gasteiger partial charge in [0.1, 0.15) is 5.75 Å². The van der Waals surface area contributed by atoms with Crippen molar-refractivity contribution in [2.75, 3.05) is 19.4 Å². The molecule has 0 aliphatic heterocycles. The van der Waals surface area contributed by atoms with Crippen molar-refractivity contribution < 1.29 is 9.90 Å². The Balaban J connectivity index is 2.82. The molecule has 0 aliphatic rings. The molecule has 0 spiro atoms. The van der Waals surface area contributed by atoms with Crippen LogP contribution in [0.25, 0.3) is 0 Å². The average Bonchev–Trinajstić information content (AvgIpc) is 2.09. The Morgan fingerprint density at radius 2 is 2.14 bits per heavy atom. The number of amides is 2. The number of urea groups is 1. The summed E-state index contributed by atoms with van der Waals surface area (Å²) in [5, 5.41) is 12.3. The summed E-state index contributed by atoms with van der Waals surface area (Å²) in [5.74, 6) is -0.0484. The highest BCUT2D eigenvalue weighted by molar-refractivity contribution is 6.30. The molecule has 0 atom stereocenters. The summed E-state index contributed by atoms with van der Waals surface area (Å²) in [6.07, 6.45) is 0. The third kappa shape index (κ3) is 2.53. The zero-order valence-electron chi connectivity index (χ0n) is 7.91. The quantitative estimate of drug-likeness (QED) is 0.704. The largest absolute Gasteiger partial charge is 0.506 e. The summed E-state index contributed by atoms with van der Waals surface area (Å²) in [7, 11) is 3.23. The van der Waals surface area contributed by atoms with E-state index in [9.17, 15) is 9.90 Å². The number of halogens is 1. The number of benzene rings is 1. The van der Waals surface area contributed by atoms with Crippen LogP contribution in [0.3, 0.4) is 0 Å². The molecular weight excluding hydrogens is 204 g/mol. The number of aromatic hydroxyl groups is 1. The van der Waals surface area contributed by atoms with E-state index in [4.69, 9.17) is 11.6 Å². The predicted molar refractivity (Wildman–Crippen MR) is 55.8 cm³/mol. The Bertz CT molecular complexity index is 353. The van der Waals surface area contributed by atoms with E-state index >= 15 is 0 Å². The predicted octanol–water partition coefficient (Wildman–Crippen LogP) is 2.14. The summed E-state index contributed by atoms with van der Waals surface area (Å²) in [5.41, 5.74) is 0.341. The molecule has 2 N–H and O–H groups in total. The van der Waals surface area contributed by atoms with Crippen molar-refractivity contribution in [3.05, 3.63) is 23.2 Å². The van der Waals surface area contributed by atoms with Gasteiger partial charge in [-0.15, -0.1) is 0 Å². The lowest BCUT2D eigenvalue weighted by molar-refractivity contribution is 0.230. The highest BCUT2D eigenvalue weighted by Crippen LogP contribution is 2.26. The molecule has 0 aliphatic carbocycles. The van der Waals surface area contributed by atoms with Crippen LogP contribution in [0.15, 0.2) is 18.2 Å². The van der Waals surface area contributed by atoms with E-state index in [0.29, 0.717) is 10.7 Å². The van der Waals surface area contributed by atoms with Crippen LogP contribution >= 0.6 is 11.6 Å². The summed E-state index contributed by atoms with van der Waals surface area (Å²) in [6, 6.07) is 4.20. The smallest absolute Gasteiger partial charge is 0.321 e. The highest BCUT2D eigenvalue weighted by Gasteiger charge is 2.07. The number of hydrogen-bond acceptors (Lipinski definition) is 2. The molecule has 0 radical (unpaired) electrons. The molecule has 0 heterocycles. The van der Waals surface area contributed by atoms with E-state index in [1.807, 2.05) is 0 Å². The average molecular weight is 215 g/mol. The second kappa shape index (κ2) is 4.19. The number of anilines is 1. The maximum atomic E-state index is 11.2. The summed E-state index contributed by atoms with van der Waals surface area (Å²) in [4.78, 5) is 12.6. The third-order valence-electron chi connectivity index (χ3n) is 1.61. The molecule has 76 valence electrons. The monoisotopic (exact) mass is 214 g/mol. The maximum absolute atomic E-state index is 11.2. The number of hydrogen-bond donors (Lipinski definition) is 2. The second-order valence-electron chi connectivity index (χ2n) is 2.99. The molecule has 1 aromatic rings. The van der Waals surface area contributed by atoms with Crippen LogP contribution in [0.4, 0.5) is 10.5 Å². The lowest BCUT2D eigenvalue weighted by Crippen LogP contribution is -2.27. The topological polar surface area (TPSA) is 52.6 Å². The maximum Gasteiger partial charge on any atom is 0.321 e. The summed E-state index contributed by atoms with van der Waals surface area (Å²) >= 11 is 5.63. The van der Waals surface area contributed by atoms with Gasteiger partial charge in [0.25, 0.3) is 0 Å². The van der Waals surface area contributed by atoms with Gasteiger partial charge in [0, 0.05) is 25.2 Å². The SMILES string of the molecule is CN(C)C(=O)Nc1ccc(Cl)cc1O. The number of carbonyl (C=O) groups excluding carboxylic acids is 1. The number of nitrogens with zero attached hydrogens (tertiary/aromatic N) is 1. The van der Waals surface area contributed by atoms with Gasteiger partial charge in [-0.2, -0.15) is 0 Å². The van der Waals surface area contributed by atoms with Crippen LogP contribution in [-0.4, -0.2) is 30.1 Å². The van der Waals surface area contributed by atoms with Crippen molar-refractivity contribution in [2.45, 2.75) is 0 Å². The van der Waals surface area contributed by atoms with Gasteiger partial charge in [-0.25, -0.2) is 4.79 Å². The zero-order chi connectivity index (χ0) is 10.7. The Kier molecular flexibility index (Phi) is 3.19. The van der Waals surface area contributed by atoms with Crippen LogP contribution in [0.1, 0.15) is 0 Å². The molecule has 0 saturated carbocycles. The molecule has 0 aromatic heterocycles. The Hall–Kier alpha value is -1.42. The number of nitrogens with one attached hydrogen (secondary N) is 1. The Morgan fingerprint density at radius 3 is 2.64 bits per heavy atom. The van der Waals surface area contributed by atoms with Gasteiger partial charge in [-0.1, -0.05) is 11.6 Å². The second-order valence-corrected chi connectivity index (χ2v) is 3.42. The molecular formula is C9H11ClN2O2. The first-order valence-corrected chi connectivity index (χ1v) is 4.35. The molecule has 0 bridgehead atoms. The van der Waals surface area contributed by atoms with E-state index in [0.717, 1.165) is 0 Å². The zero-order valence-corrected chi connectivity index (χ0v) is 8.67. The number of phenolic OH excluding ortho intramolecular Hbond substituents is 1. The van der Waals surface area contributed by atoms with Crippen molar-refractivity contribution in [1.29, 1.82) is 0 Å². The molecule has 0 fully saturated rings. The van der Waals surface area contributed by atoms with Gasteiger partial charge in [-0.3, -0.25) is 0 Å². The van der Waals surface area contributed by atoms with Gasteiger partial charge in [0.05, 0.1) is 5.69 Å². The molecule has 14 heavy (non-hydrogen) atoms. The Labute approximate surface area is 87.1 Å². The van der Waals surface area contributed by atoms with Crippen LogP contribution < -0.4 is 5.32 Å². The van der Waals surface area contributed by atoms with Crippen LogP contribution in [0.2, 0.25) is 5.02 Å². The molecule has 1 aromatic carbocycles. The van der Waals surface area contributed by atoms with Crippen LogP contribution in [0, 0.1) is 0 Å². The van der Waals surface area contributed by atoms with Gasteiger partial charge in [-0.05, 0) is 12.1 Å². The lowest BCUT2D eigenvalue weighted by Gasteiger charge is -2.12. The molecule has 1 rings (SSSR count). The fraction of sp³-hybridized carbons (Fsp3) is 0.222. The number of phenols is 1. The first-order valence-electron chi connectivity index (χ1n) is 3.97. The fourth-order valence-corrected chi connectivity index (χ4v) is 1.00. The van der Waals surface area contributed by atoms with E-state index < -0.39 is 0 Å². The van der Waals surface area contributed by atoms with E-state index in [1.165, 1.54) is 11.0 Å². The van der Waals surface area contributed by atoms with Gasteiger partial charge >= 0.3 is 6.03 Å². The molecule has 5 heteroatoms. The van der Waals surface area contributed by atoms with Crippen molar-refractivity contribution in [2.24, 2.45) is 0 Å². The van der Waals surface area contributed by atoms with E-state index in [2.05, 4.69) is 5.32 Å². The minimum Gasteiger partial charge on any atom is -0.506 e. The minimum absolute atomic E-state index is 0.0484. The Morgan fingerprint density at radius 1 is 1.50 bits per heavy atom. The van der Waals surface area contributed by atoms with Crippen LogP contribution in [-0.2, 0) is 0 Å². The number of carbonyl (C=O) groups is 1. The van der Waals surface area contributed by atoms with E-state index in [1.54, 1.807) is 26.2 Å². The van der Waals surface area contributed by atoms with Crippen molar-refractivity contribution in [3.8, 4) is 5.75 Å². The van der Waals surface area contributed by atoms with Gasteiger partial charge in [0.2, 0.25) is 0 Å². The third-order valence-corrected chi connectivity index (χ3v) is 1.84. The lowest BCUT2D eigenvalue weighted by atomic mass is 10.3. The molecule has 4 nitrogen and oxygen atoms in total. The standard InChI is InChI=1S/C9H11ClN2O2/c1-12(2)9(14)11-7-4-3-6(10)5-8(7)13/h3-5,13H,1-2H3,(H,11,14). The molecule has 2 amide bonds. The summed E-state index contributed by atoms with van der Waals surface area (Å²) in [6.45, 7) is 0. The first kappa shape index (κ1) is 10.7. The molecule has 0 unspecified atom stereocenters. The fourth-order valence-electron chi connectivity index (χ4n) is 0.838. The van der Waals surface area contributed by atoms with E-state index in [-0.39, 0.29) is 11.8 Å². The minimum atomic E-state index is -0.303. The normalized spacial score (nSPS) is 9.64. The van der Waals surface area contributed by atoms with Crippen molar-refractivity contribution in [3.63, 3.8) is 0 Å². The summed E-state index contributed by atoms with van der Waals surface area (Å²) < 4.78 is 0. The first-order chi connectivity index (χ1) is 6.50. The van der Waals surface area contributed by atoms with Crippen LogP contribution in [0.5, 0.6) is 5.75 Å². The van der Waals surface area contributed by atoms with Gasteiger partial charge < -0.3 is 15.3 Å².